The fourth-order valence-electron chi connectivity index (χ4n) is 3.07. The molecule has 0 atom stereocenters. The van der Waals surface area contributed by atoms with Gasteiger partial charge in [0.05, 0.1) is 29.1 Å². The highest BCUT2D eigenvalue weighted by Crippen LogP contribution is 2.36. The van der Waals surface area contributed by atoms with Crippen molar-refractivity contribution >= 4 is 40.4 Å². The van der Waals surface area contributed by atoms with Gasteiger partial charge in [0.1, 0.15) is 18.1 Å². The zero-order chi connectivity index (χ0) is 21.3. The number of nitro groups is 1. The fraction of sp³-hybridized carbons (Fsp3) is 0.105. The van der Waals surface area contributed by atoms with E-state index in [4.69, 9.17) is 4.74 Å². The molecule has 0 saturated heterocycles. The maximum atomic E-state index is 13.9. The number of ether oxygens (including phenoxy) is 1. The van der Waals surface area contributed by atoms with E-state index in [1.54, 1.807) is 17.0 Å². The molecule has 1 amide bonds. The zero-order valence-corrected chi connectivity index (χ0v) is 15.6. The summed E-state index contributed by atoms with van der Waals surface area (Å²) in [4.78, 5) is 32.5. The van der Waals surface area contributed by atoms with E-state index in [1.165, 1.54) is 13.3 Å². The molecule has 30 heavy (non-hydrogen) atoms. The van der Waals surface area contributed by atoms with Crippen molar-refractivity contribution in [1.29, 1.82) is 0 Å². The van der Waals surface area contributed by atoms with Gasteiger partial charge in [-0.2, -0.15) is 9.37 Å². The molecule has 1 aliphatic heterocycles. The van der Waals surface area contributed by atoms with Crippen LogP contribution in [-0.4, -0.2) is 34.5 Å². The second kappa shape index (κ2) is 7.62. The highest BCUT2D eigenvalue weighted by molar-refractivity contribution is 6.02. The summed E-state index contributed by atoms with van der Waals surface area (Å²) >= 11 is 0. The van der Waals surface area contributed by atoms with Gasteiger partial charge in [0, 0.05) is 18.3 Å². The van der Waals surface area contributed by atoms with Crippen LogP contribution >= 0.6 is 0 Å². The van der Waals surface area contributed by atoms with Crippen molar-refractivity contribution in [2.24, 2.45) is 0 Å². The molecule has 0 radical (unpaired) electrons. The highest BCUT2D eigenvalue weighted by atomic mass is 19.1. The summed E-state index contributed by atoms with van der Waals surface area (Å²) in [5, 5.41) is 16.7. The van der Waals surface area contributed by atoms with Crippen LogP contribution in [0.25, 0.3) is 0 Å². The number of carbonyl (C=O) groups excluding carboxylic acids is 1. The molecule has 152 valence electrons. The Morgan fingerprint density at radius 2 is 2.10 bits per heavy atom. The monoisotopic (exact) mass is 410 g/mol. The Morgan fingerprint density at radius 1 is 1.30 bits per heavy atom. The molecule has 0 bridgehead atoms. The minimum atomic E-state index is -1.02. The third-order valence-electron chi connectivity index (χ3n) is 4.40. The molecule has 2 N–H and O–H groups in total. The number of aromatic nitrogens is 2. The number of benzene rings is 2. The molecular weight excluding hydrogens is 395 g/mol. The van der Waals surface area contributed by atoms with Crippen LogP contribution < -0.4 is 20.3 Å². The number of methoxy groups -OCH3 is 1. The first-order valence-corrected chi connectivity index (χ1v) is 8.74. The van der Waals surface area contributed by atoms with Crippen molar-refractivity contribution in [3.63, 3.8) is 0 Å². The Morgan fingerprint density at radius 3 is 2.87 bits per heavy atom. The Kier molecular flexibility index (Phi) is 4.84. The molecule has 0 fully saturated rings. The number of nitro benzene ring substituents is 1. The third-order valence-corrected chi connectivity index (χ3v) is 4.40. The van der Waals surface area contributed by atoms with E-state index >= 15 is 0 Å². The van der Waals surface area contributed by atoms with Crippen molar-refractivity contribution in [2.75, 3.05) is 29.2 Å². The number of amides is 1. The van der Waals surface area contributed by atoms with Crippen LogP contribution in [-0.2, 0) is 4.79 Å². The van der Waals surface area contributed by atoms with Gasteiger partial charge in [-0.1, -0.05) is 12.1 Å². The standard InChI is InChI=1S/C19H15FN6O4/c1-30-16-8-11(20)15(26(28)29)9-13(16)23-19-21-7-6-17(24-19)25-10-18(27)22-12-4-2-3-5-14(12)25/h2-9H,10H2,1H3,(H,22,27)(H,21,23,24). The zero-order valence-electron chi connectivity index (χ0n) is 15.6. The number of halogens is 1. The molecule has 0 spiro atoms. The highest BCUT2D eigenvalue weighted by Gasteiger charge is 2.24. The molecule has 0 aliphatic carbocycles. The number of anilines is 5. The van der Waals surface area contributed by atoms with E-state index in [1.807, 2.05) is 18.2 Å². The molecule has 1 aromatic heterocycles. The third kappa shape index (κ3) is 3.55. The quantitative estimate of drug-likeness (QED) is 0.485. The molecule has 0 unspecified atom stereocenters. The SMILES string of the molecule is COc1cc(F)c([N+](=O)[O-])cc1Nc1nccc(N2CC(=O)Nc3ccccc32)n1. The van der Waals surface area contributed by atoms with Crippen molar-refractivity contribution in [3.8, 4) is 5.75 Å². The maximum absolute atomic E-state index is 13.9. The summed E-state index contributed by atoms with van der Waals surface area (Å²) in [6.07, 6.45) is 1.48. The van der Waals surface area contributed by atoms with Gasteiger partial charge < -0.3 is 20.3 Å². The van der Waals surface area contributed by atoms with Gasteiger partial charge in [-0.3, -0.25) is 14.9 Å². The molecule has 2 aromatic carbocycles. The van der Waals surface area contributed by atoms with Crippen molar-refractivity contribution in [2.45, 2.75) is 0 Å². The van der Waals surface area contributed by atoms with Gasteiger partial charge in [-0.05, 0) is 18.2 Å². The lowest BCUT2D eigenvalue weighted by molar-refractivity contribution is -0.387. The number of carbonyl (C=O) groups is 1. The molecule has 0 saturated carbocycles. The smallest absolute Gasteiger partial charge is 0.307 e. The number of hydrogen-bond acceptors (Lipinski definition) is 8. The molecule has 11 heteroatoms. The van der Waals surface area contributed by atoms with Crippen LogP contribution in [0.4, 0.5) is 38.9 Å². The van der Waals surface area contributed by atoms with Crippen LogP contribution in [0.5, 0.6) is 5.75 Å². The Hall–Kier alpha value is -4.28. The fourth-order valence-corrected chi connectivity index (χ4v) is 3.07. The number of hydrogen-bond donors (Lipinski definition) is 2. The summed E-state index contributed by atoms with van der Waals surface area (Å²) in [6.45, 7) is 0.0544. The van der Waals surface area contributed by atoms with E-state index in [2.05, 4.69) is 20.6 Å². The number of rotatable bonds is 5. The molecule has 2 heterocycles. The first kappa shape index (κ1) is 19.1. The van der Waals surface area contributed by atoms with Gasteiger partial charge in [0.2, 0.25) is 17.7 Å². The summed E-state index contributed by atoms with van der Waals surface area (Å²) < 4.78 is 19.0. The number of nitrogens with zero attached hydrogens (tertiary/aromatic N) is 4. The van der Waals surface area contributed by atoms with E-state index < -0.39 is 16.4 Å². The summed E-state index contributed by atoms with van der Waals surface area (Å²) in [5.74, 6) is -0.638. The molecule has 3 aromatic rings. The van der Waals surface area contributed by atoms with Gasteiger partial charge in [0.15, 0.2) is 0 Å². The predicted molar refractivity (Wildman–Crippen MR) is 107 cm³/mol. The first-order valence-electron chi connectivity index (χ1n) is 8.74. The predicted octanol–water partition coefficient (Wildman–Crippen LogP) is 3.37. The second-order valence-electron chi connectivity index (χ2n) is 6.28. The average molecular weight is 410 g/mol. The van der Waals surface area contributed by atoms with Crippen LogP contribution in [0.3, 0.4) is 0 Å². The van der Waals surface area contributed by atoms with Gasteiger partial charge in [-0.25, -0.2) is 4.98 Å². The summed E-state index contributed by atoms with van der Waals surface area (Å²) in [5.41, 5.74) is 0.824. The molecule has 10 nitrogen and oxygen atoms in total. The Labute approximate surface area is 169 Å². The van der Waals surface area contributed by atoms with Gasteiger partial charge >= 0.3 is 5.69 Å². The Balaban J connectivity index is 1.70. The Bertz CT molecular complexity index is 1160. The molecule has 4 rings (SSSR count). The maximum Gasteiger partial charge on any atom is 0.307 e. The average Bonchev–Trinajstić information content (AvgIpc) is 2.74. The lowest BCUT2D eigenvalue weighted by atomic mass is 10.2. The second-order valence-corrected chi connectivity index (χ2v) is 6.28. The van der Waals surface area contributed by atoms with Gasteiger partial charge in [-0.15, -0.1) is 0 Å². The number of para-hydroxylation sites is 2. The van der Waals surface area contributed by atoms with Crippen LogP contribution in [0.1, 0.15) is 0 Å². The largest absolute Gasteiger partial charge is 0.494 e. The van der Waals surface area contributed by atoms with E-state index in [9.17, 15) is 19.3 Å². The van der Waals surface area contributed by atoms with E-state index in [0.29, 0.717) is 11.5 Å². The van der Waals surface area contributed by atoms with Crippen molar-refractivity contribution in [1.82, 2.24) is 9.97 Å². The number of fused-ring (bicyclic) bond motifs is 1. The van der Waals surface area contributed by atoms with Crippen molar-refractivity contribution < 1.29 is 18.8 Å². The van der Waals surface area contributed by atoms with E-state index in [0.717, 1.165) is 17.8 Å². The topological polar surface area (TPSA) is 123 Å². The number of nitrogens with one attached hydrogen (secondary N) is 2. The van der Waals surface area contributed by atoms with Crippen molar-refractivity contribution in [3.05, 3.63) is 64.6 Å². The minimum Gasteiger partial charge on any atom is -0.494 e. The van der Waals surface area contributed by atoms with E-state index in [-0.39, 0.29) is 29.8 Å². The summed E-state index contributed by atoms with van der Waals surface area (Å²) in [7, 11) is 1.31. The molecular formula is C19H15FN6O4. The lowest BCUT2D eigenvalue weighted by Gasteiger charge is -2.30. The minimum absolute atomic E-state index is 0.0507. The summed E-state index contributed by atoms with van der Waals surface area (Å²) in [6, 6.07) is 10.8. The van der Waals surface area contributed by atoms with Gasteiger partial charge in [0.25, 0.3) is 0 Å². The van der Waals surface area contributed by atoms with Crippen LogP contribution in [0.2, 0.25) is 0 Å². The first-order chi connectivity index (χ1) is 14.5. The normalized spacial score (nSPS) is 12.7. The lowest BCUT2D eigenvalue weighted by Crippen LogP contribution is -2.35. The molecule has 1 aliphatic rings. The van der Waals surface area contributed by atoms with Crippen LogP contribution in [0, 0.1) is 15.9 Å². The van der Waals surface area contributed by atoms with Crippen LogP contribution in [0.15, 0.2) is 48.7 Å².